The number of aliphatic hydroxyl groups is 1. The van der Waals surface area contributed by atoms with Crippen LogP contribution in [-0.4, -0.2) is 73.1 Å². The molecule has 3 heterocycles. The quantitative estimate of drug-likeness (QED) is 0.364. The summed E-state index contributed by atoms with van der Waals surface area (Å²) in [6.45, 7) is 8.63. The van der Waals surface area contributed by atoms with Crippen molar-refractivity contribution in [1.29, 1.82) is 0 Å². The van der Waals surface area contributed by atoms with E-state index in [4.69, 9.17) is 20.2 Å². The molecule has 6 N–H and O–H groups in total. The number of nitrogen functional groups attached to an aromatic ring is 1. The molecule has 0 amide bonds. The molecule has 4 rings (SSSR count). The Balaban J connectivity index is 1.68. The summed E-state index contributed by atoms with van der Waals surface area (Å²) >= 11 is 0. The third-order valence-electron chi connectivity index (χ3n) is 6.44. The molecule has 3 aliphatic heterocycles. The Bertz CT molecular complexity index is 969. The summed E-state index contributed by atoms with van der Waals surface area (Å²) in [7, 11) is 1.80. The molecule has 2 unspecified atom stereocenters. The molecule has 0 bridgehead atoms. The van der Waals surface area contributed by atoms with Crippen molar-refractivity contribution in [2.45, 2.75) is 57.5 Å². The van der Waals surface area contributed by atoms with E-state index in [-0.39, 0.29) is 18.7 Å². The van der Waals surface area contributed by atoms with Gasteiger partial charge in [-0.15, -0.1) is 0 Å². The van der Waals surface area contributed by atoms with E-state index in [9.17, 15) is 5.11 Å². The lowest BCUT2D eigenvalue weighted by molar-refractivity contribution is 0.0688. The van der Waals surface area contributed by atoms with Crippen molar-refractivity contribution in [3.8, 4) is 5.75 Å². The number of allylic oxidation sites excluding steroid dienone is 1. The first-order chi connectivity index (χ1) is 16.3. The van der Waals surface area contributed by atoms with Gasteiger partial charge in [-0.25, -0.2) is 0 Å². The van der Waals surface area contributed by atoms with Gasteiger partial charge in [0.15, 0.2) is 0 Å². The predicted molar refractivity (Wildman–Crippen MR) is 135 cm³/mol. The van der Waals surface area contributed by atoms with Crippen LogP contribution in [0.25, 0.3) is 5.70 Å². The molecular formula is C25H38N6O3. The fraction of sp³-hybridized carbons (Fsp3) is 0.560. The van der Waals surface area contributed by atoms with Crippen LogP contribution in [0.4, 0.5) is 5.69 Å². The minimum Gasteiger partial charge on any atom is -0.491 e. The van der Waals surface area contributed by atoms with Crippen molar-refractivity contribution < 1.29 is 14.6 Å². The van der Waals surface area contributed by atoms with Crippen molar-refractivity contribution in [2.24, 2.45) is 4.99 Å². The zero-order valence-electron chi connectivity index (χ0n) is 20.6. The second kappa shape index (κ2) is 10.4. The summed E-state index contributed by atoms with van der Waals surface area (Å²) in [5.74, 6) is 0.618. The van der Waals surface area contributed by atoms with Gasteiger partial charge in [0.25, 0.3) is 0 Å². The summed E-state index contributed by atoms with van der Waals surface area (Å²) in [5, 5.41) is 18.9. The number of fused-ring (bicyclic) bond motifs is 1. The third kappa shape index (κ3) is 5.22. The molecule has 1 aromatic carbocycles. The first kappa shape index (κ1) is 24.5. The number of hydrazine groups is 1. The molecule has 34 heavy (non-hydrogen) atoms. The number of aliphatic imine (C=N–C) groups is 1. The van der Waals surface area contributed by atoms with Crippen LogP contribution < -0.4 is 26.5 Å². The lowest BCUT2D eigenvalue weighted by Crippen LogP contribution is -2.61. The van der Waals surface area contributed by atoms with E-state index in [0.717, 1.165) is 48.6 Å². The molecule has 0 spiro atoms. The van der Waals surface area contributed by atoms with Gasteiger partial charge in [0.1, 0.15) is 24.1 Å². The van der Waals surface area contributed by atoms with Gasteiger partial charge in [0.05, 0.1) is 11.8 Å². The maximum atomic E-state index is 10.0. The van der Waals surface area contributed by atoms with Gasteiger partial charge in [0.2, 0.25) is 0 Å². The van der Waals surface area contributed by atoms with Gasteiger partial charge < -0.3 is 36.4 Å². The van der Waals surface area contributed by atoms with Crippen molar-refractivity contribution in [3.05, 3.63) is 41.6 Å². The lowest BCUT2D eigenvalue weighted by Gasteiger charge is -2.43. The highest BCUT2D eigenvalue weighted by Crippen LogP contribution is 2.37. The molecule has 1 aromatic rings. The van der Waals surface area contributed by atoms with Crippen LogP contribution in [0.2, 0.25) is 0 Å². The van der Waals surface area contributed by atoms with Crippen LogP contribution in [0, 0.1) is 0 Å². The van der Waals surface area contributed by atoms with E-state index in [0.29, 0.717) is 18.0 Å². The topological polar surface area (TPSA) is 116 Å². The number of likely N-dealkylation sites (N-methyl/N-ethyl adjacent to an activating group) is 1. The number of hydrogen-bond acceptors (Lipinski definition) is 9. The third-order valence-corrected chi connectivity index (χ3v) is 6.44. The summed E-state index contributed by atoms with van der Waals surface area (Å²) in [6, 6.07) is 6.16. The Morgan fingerprint density at radius 1 is 1.32 bits per heavy atom. The van der Waals surface area contributed by atoms with E-state index in [1.54, 1.807) is 13.1 Å². The smallest absolute Gasteiger partial charge is 0.135 e. The molecule has 0 aromatic heterocycles. The zero-order valence-corrected chi connectivity index (χ0v) is 20.6. The minimum absolute atomic E-state index is 0.183. The standard InChI is InChI=1S/C25H38N6O3/c1-16(2)31-25(3)22(14-28-31)24(29-19-5-7-33-8-6-19)12-23(30-25)17-9-18(26)11-21(10-17)34-15-20(32)13-27-4/h9-12,14,16,19-20,27-28,30,32H,5-8,13,15,26H2,1-4H3. The van der Waals surface area contributed by atoms with E-state index >= 15 is 0 Å². The number of hydrogen-bond donors (Lipinski definition) is 5. The molecule has 186 valence electrons. The highest BCUT2D eigenvalue weighted by molar-refractivity contribution is 6.15. The number of nitrogens with one attached hydrogen (secondary N) is 3. The van der Waals surface area contributed by atoms with Crippen LogP contribution in [0.1, 0.15) is 39.2 Å². The maximum Gasteiger partial charge on any atom is 0.135 e. The molecule has 0 radical (unpaired) electrons. The molecule has 9 heteroatoms. The number of nitrogens with zero attached hydrogens (tertiary/aromatic N) is 2. The Kier molecular flexibility index (Phi) is 7.47. The molecule has 1 fully saturated rings. The van der Waals surface area contributed by atoms with Crippen molar-refractivity contribution in [2.75, 3.05) is 39.1 Å². The predicted octanol–water partition coefficient (Wildman–Crippen LogP) is 1.62. The van der Waals surface area contributed by atoms with Gasteiger partial charge in [-0.2, -0.15) is 5.01 Å². The van der Waals surface area contributed by atoms with Crippen LogP contribution in [0.5, 0.6) is 5.75 Å². The fourth-order valence-corrected chi connectivity index (χ4v) is 4.78. The van der Waals surface area contributed by atoms with Gasteiger partial charge in [0, 0.05) is 60.6 Å². The molecule has 9 nitrogen and oxygen atoms in total. The Hall–Kier alpha value is -2.59. The first-order valence-corrected chi connectivity index (χ1v) is 12.1. The number of ether oxygens (including phenoxy) is 2. The van der Waals surface area contributed by atoms with Crippen molar-refractivity contribution in [1.82, 2.24) is 21.1 Å². The number of rotatable bonds is 8. The minimum atomic E-state index is -0.601. The van der Waals surface area contributed by atoms with E-state index in [1.165, 1.54) is 0 Å². The number of anilines is 1. The Morgan fingerprint density at radius 2 is 2.09 bits per heavy atom. The van der Waals surface area contributed by atoms with E-state index in [2.05, 4.69) is 54.1 Å². The second-order valence-electron chi connectivity index (χ2n) is 9.58. The van der Waals surface area contributed by atoms with E-state index in [1.807, 2.05) is 12.1 Å². The van der Waals surface area contributed by atoms with Gasteiger partial charge >= 0.3 is 0 Å². The second-order valence-corrected chi connectivity index (χ2v) is 9.58. The van der Waals surface area contributed by atoms with Gasteiger partial charge in [-0.05, 0) is 58.9 Å². The van der Waals surface area contributed by atoms with E-state index < -0.39 is 11.8 Å². The summed E-state index contributed by atoms with van der Waals surface area (Å²) in [4.78, 5) is 5.16. The summed E-state index contributed by atoms with van der Waals surface area (Å²) < 4.78 is 11.4. The van der Waals surface area contributed by atoms with Crippen LogP contribution in [0.3, 0.4) is 0 Å². The van der Waals surface area contributed by atoms with Crippen molar-refractivity contribution in [3.63, 3.8) is 0 Å². The van der Waals surface area contributed by atoms with Crippen LogP contribution in [-0.2, 0) is 4.74 Å². The summed E-state index contributed by atoms with van der Waals surface area (Å²) in [6.07, 6.45) is 5.40. The number of nitrogens with two attached hydrogens (primary N) is 1. The average Bonchev–Trinajstić information content (AvgIpc) is 3.16. The van der Waals surface area contributed by atoms with Crippen LogP contribution in [0.15, 0.2) is 41.0 Å². The average molecular weight is 471 g/mol. The fourth-order valence-electron chi connectivity index (χ4n) is 4.78. The highest BCUT2D eigenvalue weighted by Gasteiger charge is 2.46. The van der Waals surface area contributed by atoms with Crippen LogP contribution >= 0.6 is 0 Å². The molecule has 0 aliphatic carbocycles. The Labute approximate surface area is 202 Å². The molecule has 0 saturated carbocycles. The normalized spacial score (nSPS) is 25.4. The van der Waals surface area contributed by atoms with Crippen molar-refractivity contribution >= 4 is 17.1 Å². The molecule has 1 saturated heterocycles. The van der Waals surface area contributed by atoms with Gasteiger partial charge in [-0.3, -0.25) is 4.99 Å². The molecular weight excluding hydrogens is 432 g/mol. The molecule has 2 atom stereocenters. The molecule has 3 aliphatic rings. The van der Waals surface area contributed by atoms with Gasteiger partial charge in [-0.1, -0.05) is 0 Å². The Morgan fingerprint density at radius 3 is 2.79 bits per heavy atom. The largest absolute Gasteiger partial charge is 0.491 e. The lowest BCUT2D eigenvalue weighted by atomic mass is 9.90. The highest BCUT2D eigenvalue weighted by atomic mass is 16.5. The number of aliphatic hydroxyl groups excluding tert-OH is 1. The summed E-state index contributed by atoms with van der Waals surface area (Å²) in [5.41, 5.74) is 13.7. The number of benzene rings is 1. The monoisotopic (exact) mass is 470 g/mol. The SMILES string of the molecule is CNCC(O)COc1cc(N)cc(C2=CC(=NC3CCOCC3)C3=CNN(C(C)C)C3(C)N2)c1. The maximum absolute atomic E-state index is 10.0. The first-order valence-electron chi connectivity index (χ1n) is 12.1. The zero-order chi connectivity index (χ0) is 24.3.